The van der Waals surface area contributed by atoms with E-state index in [9.17, 15) is 43.2 Å². The zero-order valence-electron chi connectivity index (χ0n) is 13.3. The Hall–Kier alpha value is -0.383. The topological polar surface area (TPSA) is 86.7 Å². The molecule has 0 bridgehead atoms. The third-order valence-corrected chi connectivity index (χ3v) is 10.5. The number of halogens is 6. The van der Waals surface area contributed by atoms with E-state index < -0.39 is 51.9 Å². The van der Waals surface area contributed by atoms with Crippen molar-refractivity contribution in [3.05, 3.63) is 0 Å². The normalized spacial score (nSPS) is 14.7. The van der Waals surface area contributed by atoms with Crippen molar-refractivity contribution >= 4 is 28.8 Å². The number of unbranched alkanes of at least 4 members (excludes halogenated alkanes) is 2. The maximum Gasteiger partial charge on any atom is 0.522 e. The maximum absolute atomic E-state index is 12.6. The largest absolute Gasteiger partial charge is 0.522 e. The Balaban J connectivity index is 6.06. The Kier molecular flexibility index (Phi) is 8.41. The lowest BCUT2D eigenvalue weighted by Crippen LogP contribution is -2.50. The molecule has 0 N–H and O–H groups in total. The fourth-order valence-corrected chi connectivity index (χ4v) is 9.38. The summed E-state index contributed by atoms with van der Waals surface area (Å²) in [4.78, 5) is 0. The van der Waals surface area contributed by atoms with Crippen molar-refractivity contribution in [1.82, 2.24) is 0 Å². The molecule has 0 atom stereocenters. The van der Waals surface area contributed by atoms with Crippen molar-refractivity contribution < 1.29 is 50.9 Å². The highest BCUT2D eigenvalue weighted by atomic mass is 32.2. The molecule has 0 radical (unpaired) electrons. The van der Waals surface area contributed by atoms with Crippen LogP contribution in [0.5, 0.6) is 0 Å². The lowest BCUT2D eigenvalue weighted by molar-refractivity contribution is -0.0533. The SMILES string of the molecule is CCCC[Si](CCCC)(OS(=O)(=O)C(F)(F)F)OS(=O)(=O)C(F)(F)F. The Morgan fingerprint density at radius 1 is 0.720 bits per heavy atom. The molecule has 0 unspecified atom stereocenters. The minimum Gasteiger partial charge on any atom is -0.276 e. The summed E-state index contributed by atoms with van der Waals surface area (Å²) in [6, 6.07) is -1.32. The average molecular weight is 440 g/mol. The van der Waals surface area contributed by atoms with Gasteiger partial charge in [-0.2, -0.15) is 43.2 Å². The molecule has 0 aromatic rings. The first kappa shape index (κ1) is 24.6. The van der Waals surface area contributed by atoms with Gasteiger partial charge in [-0.1, -0.05) is 39.5 Å². The Morgan fingerprint density at radius 2 is 1.00 bits per heavy atom. The summed E-state index contributed by atoms with van der Waals surface area (Å²) in [5.41, 5.74) is -11.8. The summed E-state index contributed by atoms with van der Waals surface area (Å²) in [6.45, 7) is 3.05. The predicted octanol–water partition coefficient (Wildman–Crippen LogP) is 3.76. The number of hydrogen-bond donors (Lipinski definition) is 0. The summed E-state index contributed by atoms with van der Waals surface area (Å²) >= 11 is 0. The predicted molar refractivity (Wildman–Crippen MR) is 77.3 cm³/mol. The van der Waals surface area contributed by atoms with Gasteiger partial charge in [-0.3, -0.25) is 7.74 Å². The van der Waals surface area contributed by atoms with Gasteiger partial charge < -0.3 is 0 Å². The van der Waals surface area contributed by atoms with E-state index >= 15 is 0 Å². The zero-order valence-corrected chi connectivity index (χ0v) is 15.9. The molecule has 0 heterocycles. The lowest BCUT2D eigenvalue weighted by atomic mass is 10.4. The monoisotopic (exact) mass is 440 g/mol. The van der Waals surface area contributed by atoms with Crippen LogP contribution in [0.3, 0.4) is 0 Å². The molecule has 0 fully saturated rings. The molecular weight excluding hydrogens is 422 g/mol. The van der Waals surface area contributed by atoms with E-state index in [-0.39, 0.29) is 25.7 Å². The minimum absolute atomic E-state index is 0.0727. The van der Waals surface area contributed by atoms with Crippen LogP contribution in [0.1, 0.15) is 39.5 Å². The first-order chi connectivity index (χ1) is 11.0. The van der Waals surface area contributed by atoms with Crippen molar-refractivity contribution in [2.45, 2.75) is 62.6 Å². The van der Waals surface area contributed by atoms with Crippen molar-refractivity contribution in [3.63, 3.8) is 0 Å². The van der Waals surface area contributed by atoms with Crippen molar-refractivity contribution in [2.75, 3.05) is 0 Å². The molecule has 152 valence electrons. The highest BCUT2D eigenvalue weighted by molar-refractivity contribution is 7.90. The van der Waals surface area contributed by atoms with Gasteiger partial charge in [0.1, 0.15) is 0 Å². The van der Waals surface area contributed by atoms with Gasteiger partial charge in [0.15, 0.2) is 0 Å². The Labute approximate surface area is 143 Å². The van der Waals surface area contributed by atoms with E-state index in [0.29, 0.717) is 0 Å². The van der Waals surface area contributed by atoms with Crippen LogP contribution in [-0.2, 0) is 28.0 Å². The van der Waals surface area contributed by atoms with E-state index in [0.717, 1.165) is 0 Å². The summed E-state index contributed by atoms with van der Waals surface area (Å²) in [7, 11) is -17.6. The fourth-order valence-electron chi connectivity index (χ4n) is 1.69. The van der Waals surface area contributed by atoms with Crippen LogP contribution in [0.2, 0.25) is 12.1 Å². The third kappa shape index (κ3) is 7.03. The van der Waals surface area contributed by atoms with Crippen LogP contribution in [0, 0.1) is 0 Å². The van der Waals surface area contributed by atoms with Gasteiger partial charge in [-0.05, 0) is 12.1 Å². The average Bonchev–Trinajstić information content (AvgIpc) is 2.39. The van der Waals surface area contributed by atoms with E-state index in [1.54, 1.807) is 0 Å². The van der Waals surface area contributed by atoms with Gasteiger partial charge in [0.25, 0.3) is 0 Å². The minimum atomic E-state index is -6.33. The molecule has 0 aromatic heterocycles. The third-order valence-electron chi connectivity index (χ3n) is 2.91. The molecule has 0 amide bonds. The smallest absolute Gasteiger partial charge is 0.276 e. The Morgan fingerprint density at radius 3 is 1.20 bits per heavy atom. The van der Waals surface area contributed by atoms with Crippen LogP contribution in [-0.4, -0.2) is 36.4 Å². The number of hydrogen-bond acceptors (Lipinski definition) is 6. The standard InChI is InChI=1S/C10H18F6O6S2Si/c1-3-5-7-25(8-6-4-2,21-23(17,18)9(11,12)13)22-24(19,20)10(14,15)16/h3-8H2,1-2H3. The van der Waals surface area contributed by atoms with Gasteiger partial charge in [0, 0.05) is 0 Å². The molecule has 0 saturated carbocycles. The molecule has 0 aliphatic carbocycles. The maximum atomic E-state index is 12.6. The molecule has 0 saturated heterocycles. The molecule has 0 rings (SSSR count). The van der Waals surface area contributed by atoms with Gasteiger partial charge in [0.05, 0.1) is 0 Å². The van der Waals surface area contributed by atoms with Gasteiger partial charge in [-0.25, -0.2) is 0 Å². The second-order valence-electron chi connectivity index (χ2n) is 5.08. The van der Waals surface area contributed by atoms with Crippen LogP contribution in [0.4, 0.5) is 26.3 Å². The summed E-state index contributed by atoms with van der Waals surface area (Å²) in [6.07, 6.45) is 0.338. The van der Waals surface area contributed by atoms with Crippen LogP contribution in [0.25, 0.3) is 0 Å². The second kappa shape index (κ2) is 8.54. The first-order valence-electron chi connectivity index (χ1n) is 7.07. The summed E-state index contributed by atoms with van der Waals surface area (Å²) in [5.74, 6) is 0. The highest BCUT2D eigenvalue weighted by Crippen LogP contribution is 2.37. The summed E-state index contributed by atoms with van der Waals surface area (Å²) < 4.78 is 128. The van der Waals surface area contributed by atoms with Gasteiger partial charge >= 0.3 is 39.8 Å². The number of alkyl halides is 6. The molecular formula is C10H18F6O6S2Si. The van der Waals surface area contributed by atoms with Crippen LogP contribution < -0.4 is 0 Å². The molecule has 25 heavy (non-hydrogen) atoms. The van der Waals surface area contributed by atoms with Crippen molar-refractivity contribution in [1.29, 1.82) is 0 Å². The molecule has 6 nitrogen and oxygen atoms in total. The van der Waals surface area contributed by atoms with Crippen molar-refractivity contribution in [2.24, 2.45) is 0 Å². The quantitative estimate of drug-likeness (QED) is 0.292. The lowest BCUT2D eigenvalue weighted by Gasteiger charge is -2.29. The van der Waals surface area contributed by atoms with Crippen LogP contribution >= 0.6 is 0 Å². The summed E-state index contributed by atoms with van der Waals surface area (Å²) in [5, 5.41) is 0. The second-order valence-corrected chi connectivity index (χ2v) is 12.0. The van der Waals surface area contributed by atoms with Crippen molar-refractivity contribution in [3.8, 4) is 0 Å². The van der Waals surface area contributed by atoms with E-state index in [2.05, 4.69) is 7.74 Å². The molecule has 15 heteroatoms. The van der Waals surface area contributed by atoms with E-state index in [1.807, 2.05) is 0 Å². The highest BCUT2D eigenvalue weighted by Gasteiger charge is 2.59. The zero-order chi connectivity index (χ0) is 20.2. The Bertz CT molecular complexity index is 571. The van der Waals surface area contributed by atoms with Gasteiger partial charge in [-0.15, -0.1) is 0 Å². The molecule has 0 aromatic carbocycles. The van der Waals surface area contributed by atoms with E-state index in [1.165, 1.54) is 13.8 Å². The molecule has 0 aliphatic rings. The van der Waals surface area contributed by atoms with Crippen LogP contribution in [0.15, 0.2) is 0 Å². The first-order valence-corrected chi connectivity index (χ1v) is 12.1. The number of rotatable bonds is 10. The molecule has 0 spiro atoms. The molecule has 0 aliphatic heterocycles. The fraction of sp³-hybridized carbons (Fsp3) is 1.00. The van der Waals surface area contributed by atoms with E-state index in [4.69, 9.17) is 0 Å². The van der Waals surface area contributed by atoms with Gasteiger partial charge in [0.2, 0.25) is 0 Å².